The van der Waals surface area contributed by atoms with Gasteiger partial charge in [0.25, 0.3) is 0 Å². The molecule has 2 aliphatic heterocycles. The molecule has 3 fully saturated rings. The van der Waals surface area contributed by atoms with Crippen LogP contribution in [0.5, 0.6) is 0 Å². The van der Waals surface area contributed by atoms with Gasteiger partial charge in [-0.25, -0.2) is 0 Å². The number of carbonyl (C=O) groups excluding carboxylic acids is 1. The van der Waals surface area contributed by atoms with Gasteiger partial charge in [0.05, 0.1) is 17.8 Å². The predicted octanol–water partition coefficient (Wildman–Crippen LogP) is 1.26. The molecule has 0 aromatic rings. The smallest absolute Gasteiger partial charge is 0.238 e. The molecule has 2 saturated heterocycles. The van der Waals surface area contributed by atoms with Crippen molar-refractivity contribution < 1.29 is 9.90 Å². The summed E-state index contributed by atoms with van der Waals surface area (Å²) in [5, 5.41) is 10.2. The average molecular weight is 241 g/mol. The Hall–Kier alpha value is -0.220. The van der Waals surface area contributed by atoms with Crippen LogP contribution in [0.2, 0.25) is 0 Å². The van der Waals surface area contributed by atoms with Gasteiger partial charge in [-0.15, -0.1) is 11.8 Å². The molecular formula is C12H19NO2S. The highest BCUT2D eigenvalue weighted by atomic mass is 32.2. The summed E-state index contributed by atoms with van der Waals surface area (Å²) in [4.78, 5) is 14.1. The number of aliphatic hydroxyl groups is 1. The van der Waals surface area contributed by atoms with Crippen molar-refractivity contribution in [2.75, 3.05) is 18.8 Å². The molecule has 3 rings (SSSR count). The first kappa shape index (κ1) is 10.9. The Bertz CT molecular complexity index is 315. The Morgan fingerprint density at radius 3 is 2.62 bits per heavy atom. The zero-order valence-electron chi connectivity index (χ0n) is 9.74. The summed E-state index contributed by atoms with van der Waals surface area (Å²) in [6, 6.07) is 0. The van der Waals surface area contributed by atoms with Crippen LogP contribution in [0.15, 0.2) is 0 Å². The first-order chi connectivity index (χ1) is 7.54. The summed E-state index contributed by atoms with van der Waals surface area (Å²) in [5.41, 5.74) is -0.532. The van der Waals surface area contributed by atoms with Crippen LogP contribution in [-0.4, -0.2) is 45.1 Å². The minimum atomic E-state index is -0.532. The highest BCUT2D eigenvalue weighted by Crippen LogP contribution is 2.47. The summed E-state index contributed by atoms with van der Waals surface area (Å²) < 4.78 is -0.203. The number of likely N-dealkylation sites (tertiary alicyclic amines) is 1. The van der Waals surface area contributed by atoms with E-state index in [-0.39, 0.29) is 10.7 Å². The number of nitrogens with zero attached hydrogens (tertiary/aromatic N) is 1. The maximum atomic E-state index is 12.3. The second kappa shape index (κ2) is 3.39. The molecule has 1 aliphatic carbocycles. The van der Waals surface area contributed by atoms with Gasteiger partial charge in [0.15, 0.2) is 0 Å². The van der Waals surface area contributed by atoms with Gasteiger partial charge < -0.3 is 10.0 Å². The number of hydrogen-bond acceptors (Lipinski definition) is 3. The van der Waals surface area contributed by atoms with E-state index in [4.69, 9.17) is 0 Å². The van der Waals surface area contributed by atoms with Crippen molar-refractivity contribution in [1.82, 2.24) is 4.90 Å². The highest BCUT2D eigenvalue weighted by molar-refractivity contribution is 8.01. The third-order valence-corrected chi connectivity index (χ3v) is 5.73. The third-order valence-electron chi connectivity index (χ3n) is 4.23. The van der Waals surface area contributed by atoms with E-state index >= 15 is 0 Å². The lowest BCUT2D eigenvalue weighted by atomic mass is 9.87. The molecule has 90 valence electrons. The molecule has 1 N–H and O–H groups in total. The van der Waals surface area contributed by atoms with Gasteiger partial charge >= 0.3 is 0 Å². The Morgan fingerprint density at radius 1 is 1.44 bits per heavy atom. The average Bonchev–Trinajstić information content (AvgIpc) is 2.97. The monoisotopic (exact) mass is 241 g/mol. The Morgan fingerprint density at radius 2 is 2.12 bits per heavy atom. The van der Waals surface area contributed by atoms with Crippen LogP contribution < -0.4 is 0 Å². The largest absolute Gasteiger partial charge is 0.386 e. The molecule has 0 spiro atoms. The molecule has 1 unspecified atom stereocenters. The standard InChI is InChI=1S/C12H19NO2S/c1-11(5-2-6-16-11)10(14)13-7-12(15,8-13)9-3-4-9/h9,15H,2-8H2,1H3. The van der Waals surface area contributed by atoms with Gasteiger partial charge in [0.2, 0.25) is 5.91 Å². The quantitative estimate of drug-likeness (QED) is 0.791. The van der Waals surface area contributed by atoms with Crippen LogP contribution in [0, 0.1) is 5.92 Å². The van der Waals surface area contributed by atoms with Crippen LogP contribution in [0.3, 0.4) is 0 Å². The Labute approximate surface area is 101 Å². The lowest BCUT2D eigenvalue weighted by Crippen LogP contribution is -2.67. The maximum Gasteiger partial charge on any atom is 0.238 e. The molecule has 3 aliphatic rings. The minimum absolute atomic E-state index is 0.203. The Kier molecular flexibility index (Phi) is 2.31. The van der Waals surface area contributed by atoms with Gasteiger partial charge in [-0.3, -0.25) is 4.79 Å². The van der Waals surface area contributed by atoms with E-state index in [9.17, 15) is 9.90 Å². The zero-order valence-corrected chi connectivity index (χ0v) is 10.6. The molecule has 4 heteroatoms. The van der Waals surface area contributed by atoms with Crippen LogP contribution in [0.25, 0.3) is 0 Å². The number of carbonyl (C=O) groups is 1. The van der Waals surface area contributed by atoms with Crippen molar-refractivity contribution in [3.05, 3.63) is 0 Å². The van der Waals surface area contributed by atoms with Crippen molar-refractivity contribution in [1.29, 1.82) is 0 Å². The molecule has 1 amide bonds. The number of amides is 1. The molecule has 1 saturated carbocycles. The molecule has 0 aromatic carbocycles. The predicted molar refractivity (Wildman–Crippen MR) is 64.4 cm³/mol. The number of β-amino-alcohol motifs (C(OH)–C–C–N with tert-alkyl or cyclic N) is 1. The molecule has 16 heavy (non-hydrogen) atoms. The topological polar surface area (TPSA) is 40.5 Å². The van der Waals surface area contributed by atoms with E-state index < -0.39 is 5.60 Å². The fraction of sp³-hybridized carbons (Fsp3) is 0.917. The van der Waals surface area contributed by atoms with E-state index in [2.05, 4.69) is 6.92 Å². The molecule has 0 radical (unpaired) electrons. The second-order valence-corrected chi connectivity index (χ2v) is 7.32. The van der Waals surface area contributed by atoms with E-state index in [0.717, 1.165) is 31.4 Å². The lowest BCUT2D eigenvalue weighted by Gasteiger charge is -2.49. The highest BCUT2D eigenvalue weighted by Gasteiger charge is 2.55. The van der Waals surface area contributed by atoms with Gasteiger partial charge in [-0.05, 0) is 44.3 Å². The van der Waals surface area contributed by atoms with Crippen molar-refractivity contribution in [2.24, 2.45) is 5.92 Å². The maximum absolute atomic E-state index is 12.3. The molecule has 2 heterocycles. The first-order valence-corrected chi connectivity index (χ1v) is 7.18. The normalized spacial score (nSPS) is 37.2. The summed E-state index contributed by atoms with van der Waals surface area (Å²) in [7, 11) is 0. The fourth-order valence-electron chi connectivity index (χ4n) is 2.92. The number of thioether (sulfide) groups is 1. The zero-order chi connectivity index (χ0) is 11.4. The fourth-order valence-corrected chi connectivity index (χ4v) is 4.20. The van der Waals surface area contributed by atoms with Crippen molar-refractivity contribution >= 4 is 17.7 Å². The first-order valence-electron chi connectivity index (χ1n) is 6.19. The van der Waals surface area contributed by atoms with E-state index in [1.54, 1.807) is 11.8 Å². The SMILES string of the molecule is CC1(C(=O)N2CC(O)(C3CC3)C2)CCCS1. The summed E-state index contributed by atoms with van der Waals surface area (Å²) in [5.74, 6) is 1.82. The van der Waals surface area contributed by atoms with Gasteiger partial charge in [-0.2, -0.15) is 0 Å². The van der Waals surface area contributed by atoms with Crippen LogP contribution in [-0.2, 0) is 4.79 Å². The number of hydrogen-bond donors (Lipinski definition) is 1. The van der Waals surface area contributed by atoms with E-state index in [1.807, 2.05) is 4.90 Å². The van der Waals surface area contributed by atoms with Crippen molar-refractivity contribution in [3.8, 4) is 0 Å². The van der Waals surface area contributed by atoms with Gasteiger partial charge in [-0.1, -0.05) is 0 Å². The summed E-state index contributed by atoms with van der Waals surface area (Å²) in [6.45, 7) is 3.21. The molecule has 1 atom stereocenters. The minimum Gasteiger partial charge on any atom is -0.386 e. The van der Waals surface area contributed by atoms with Crippen molar-refractivity contribution in [3.63, 3.8) is 0 Å². The molecule has 0 aromatic heterocycles. The molecular weight excluding hydrogens is 222 g/mol. The number of rotatable bonds is 2. The van der Waals surface area contributed by atoms with Crippen LogP contribution in [0.4, 0.5) is 0 Å². The molecule has 3 nitrogen and oxygen atoms in total. The van der Waals surface area contributed by atoms with Crippen LogP contribution in [0.1, 0.15) is 32.6 Å². The van der Waals surface area contributed by atoms with E-state index in [0.29, 0.717) is 19.0 Å². The van der Waals surface area contributed by atoms with Crippen LogP contribution >= 0.6 is 11.8 Å². The summed E-state index contributed by atoms with van der Waals surface area (Å²) >= 11 is 1.78. The Balaban J connectivity index is 1.61. The third kappa shape index (κ3) is 1.58. The van der Waals surface area contributed by atoms with Gasteiger partial charge in [0.1, 0.15) is 5.60 Å². The lowest BCUT2D eigenvalue weighted by molar-refractivity contribution is -0.161. The summed E-state index contributed by atoms with van der Waals surface area (Å²) in [6.07, 6.45) is 4.43. The van der Waals surface area contributed by atoms with E-state index in [1.165, 1.54) is 0 Å². The van der Waals surface area contributed by atoms with Crippen molar-refractivity contribution in [2.45, 2.75) is 43.0 Å². The second-order valence-electron chi connectivity index (χ2n) is 5.72. The molecule has 0 bridgehead atoms. The van der Waals surface area contributed by atoms with Gasteiger partial charge in [0, 0.05) is 0 Å².